The summed E-state index contributed by atoms with van der Waals surface area (Å²) >= 11 is 6.01. The maximum atomic E-state index is 11.5. The fourth-order valence-corrected chi connectivity index (χ4v) is 4.34. The van der Waals surface area contributed by atoms with Crippen molar-refractivity contribution in [2.45, 2.75) is 31.9 Å². The highest BCUT2D eigenvalue weighted by Gasteiger charge is 2.45. The molecule has 1 atom stereocenters. The number of sulfone groups is 1. The maximum absolute atomic E-state index is 11.5. The number of rotatable bonds is 3. The monoisotopic (exact) mass is 278 g/mol. The van der Waals surface area contributed by atoms with Crippen molar-refractivity contribution in [3.63, 3.8) is 0 Å². The number of nitrogens with zero attached hydrogens (tertiary/aromatic N) is 2. The Kier molecular flexibility index (Phi) is 3.22. The van der Waals surface area contributed by atoms with E-state index in [0.717, 1.165) is 6.42 Å². The van der Waals surface area contributed by atoms with Crippen molar-refractivity contribution in [1.82, 2.24) is 9.78 Å². The normalized spacial score (nSPS) is 27.5. The molecule has 0 aliphatic carbocycles. The van der Waals surface area contributed by atoms with Gasteiger partial charge in [0.05, 0.1) is 28.4 Å². The summed E-state index contributed by atoms with van der Waals surface area (Å²) in [5.41, 5.74) is -0.955. The largest absolute Gasteiger partial charge is 0.382 e. The van der Waals surface area contributed by atoms with E-state index in [-0.39, 0.29) is 17.9 Å². The molecule has 96 valence electrons. The zero-order valence-electron chi connectivity index (χ0n) is 9.56. The van der Waals surface area contributed by atoms with Crippen molar-refractivity contribution in [2.24, 2.45) is 0 Å². The van der Waals surface area contributed by atoms with Crippen LogP contribution in [-0.4, -0.2) is 34.8 Å². The van der Waals surface area contributed by atoms with Gasteiger partial charge in [-0.25, -0.2) is 8.42 Å². The van der Waals surface area contributed by atoms with Gasteiger partial charge >= 0.3 is 0 Å². The molecule has 17 heavy (non-hydrogen) atoms. The van der Waals surface area contributed by atoms with Gasteiger partial charge in [-0.3, -0.25) is 4.68 Å². The number of aromatic nitrogens is 2. The van der Waals surface area contributed by atoms with Gasteiger partial charge in [0.1, 0.15) is 5.60 Å². The minimum atomic E-state index is -3.18. The first-order chi connectivity index (χ1) is 7.88. The Bertz CT molecular complexity index is 526. The summed E-state index contributed by atoms with van der Waals surface area (Å²) in [5, 5.41) is 14.9. The molecule has 1 aliphatic rings. The van der Waals surface area contributed by atoms with Crippen LogP contribution in [0, 0.1) is 0 Å². The summed E-state index contributed by atoms with van der Waals surface area (Å²) in [6.45, 7) is 2.60. The third-order valence-electron chi connectivity index (χ3n) is 2.96. The first-order valence-corrected chi connectivity index (χ1v) is 7.72. The van der Waals surface area contributed by atoms with Crippen LogP contribution < -0.4 is 0 Å². The van der Waals surface area contributed by atoms with Crippen LogP contribution in [0.3, 0.4) is 0 Å². The fraction of sp³-hybridized carbons (Fsp3) is 0.700. The van der Waals surface area contributed by atoms with E-state index in [0.29, 0.717) is 17.3 Å². The minimum absolute atomic E-state index is 0.00284. The second kappa shape index (κ2) is 4.26. The Morgan fingerprint density at radius 3 is 2.88 bits per heavy atom. The van der Waals surface area contributed by atoms with Crippen LogP contribution in [0.1, 0.15) is 25.5 Å². The summed E-state index contributed by atoms with van der Waals surface area (Å²) in [7, 11) is -3.18. The van der Waals surface area contributed by atoms with Crippen molar-refractivity contribution in [3.8, 4) is 0 Å². The summed E-state index contributed by atoms with van der Waals surface area (Å²) in [6.07, 6.45) is 2.48. The molecule has 0 amide bonds. The molecule has 0 radical (unpaired) electrons. The molecule has 2 rings (SSSR count). The second-order valence-corrected chi connectivity index (χ2v) is 7.03. The van der Waals surface area contributed by atoms with Crippen LogP contribution in [0.15, 0.2) is 6.20 Å². The molecule has 1 aliphatic heterocycles. The van der Waals surface area contributed by atoms with Crippen LogP contribution in [0.5, 0.6) is 0 Å². The van der Waals surface area contributed by atoms with E-state index in [1.54, 1.807) is 4.68 Å². The highest BCUT2D eigenvalue weighted by Crippen LogP contribution is 2.37. The van der Waals surface area contributed by atoms with Crippen LogP contribution in [-0.2, 0) is 22.0 Å². The predicted octanol–water partition coefficient (Wildman–Crippen LogP) is 0.953. The SMILES string of the molecule is CCCn1ncc(Cl)c1C1(O)CCS(=O)(=O)C1. The maximum Gasteiger partial charge on any atom is 0.153 e. The molecule has 1 aromatic heterocycles. The summed E-state index contributed by atoms with van der Waals surface area (Å²) in [5.74, 6) is -0.272. The summed E-state index contributed by atoms with van der Waals surface area (Å²) in [6, 6.07) is 0. The molecule has 1 aromatic rings. The van der Waals surface area contributed by atoms with E-state index >= 15 is 0 Å². The molecule has 0 bridgehead atoms. The molecule has 1 fully saturated rings. The predicted molar refractivity (Wildman–Crippen MR) is 64.7 cm³/mol. The number of halogens is 1. The van der Waals surface area contributed by atoms with Gasteiger partial charge in [-0.15, -0.1) is 0 Å². The lowest BCUT2D eigenvalue weighted by molar-refractivity contribution is 0.0554. The van der Waals surface area contributed by atoms with Crippen LogP contribution in [0.4, 0.5) is 0 Å². The van der Waals surface area contributed by atoms with E-state index in [9.17, 15) is 13.5 Å². The third kappa shape index (κ3) is 2.34. The van der Waals surface area contributed by atoms with Gasteiger partial charge in [0.2, 0.25) is 0 Å². The molecule has 1 saturated heterocycles. The van der Waals surface area contributed by atoms with Gasteiger partial charge in [-0.05, 0) is 12.8 Å². The van der Waals surface area contributed by atoms with Gasteiger partial charge < -0.3 is 5.11 Å². The Hall–Kier alpha value is -0.590. The van der Waals surface area contributed by atoms with Crippen LogP contribution >= 0.6 is 11.6 Å². The quantitative estimate of drug-likeness (QED) is 0.894. The van der Waals surface area contributed by atoms with E-state index < -0.39 is 15.4 Å². The lowest BCUT2D eigenvalue weighted by Crippen LogP contribution is -2.30. The van der Waals surface area contributed by atoms with E-state index in [4.69, 9.17) is 11.6 Å². The van der Waals surface area contributed by atoms with Gasteiger partial charge in [-0.2, -0.15) is 5.10 Å². The molecule has 0 aromatic carbocycles. The molecule has 0 spiro atoms. The molecule has 1 N–H and O–H groups in total. The Balaban J connectivity index is 2.43. The lowest BCUT2D eigenvalue weighted by atomic mass is 9.99. The highest BCUT2D eigenvalue weighted by molar-refractivity contribution is 7.91. The van der Waals surface area contributed by atoms with Crippen LogP contribution in [0.25, 0.3) is 0 Å². The highest BCUT2D eigenvalue weighted by atomic mass is 35.5. The fourth-order valence-electron chi connectivity index (χ4n) is 2.23. The van der Waals surface area contributed by atoms with Crippen molar-refractivity contribution >= 4 is 21.4 Å². The second-order valence-electron chi connectivity index (χ2n) is 4.44. The number of aliphatic hydroxyl groups is 1. The molecular weight excluding hydrogens is 264 g/mol. The van der Waals surface area contributed by atoms with Crippen LogP contribution in [0.2, 0.25) is 5.02 Å². The average Bonchev–Trinajstić information content (AvgIpc) is 2.70. The van der Waals surface area contributed by atoms with Crippen molar-refractivity contribution in [1.29, 1.82) is 0 Å². The molecule has 5 nitrogen and oxygen atoms in total. The number of hydrogen-bond acceptors (Lipinski definition) is 4. The Labute approximate surface area is 105 Å². The van der Waals surface area contributed by atoms with Gasteiger partial charge in [0, 0.05) is 6.54 Å². The molecule has 0 saturated carbocycles. The zero-order chi connectivity index (χ0) is 12.7. The standard InChI is InChI=1S/C10H15ClN2O3S/c1-2-4-13-9(8(11)6-12-13)10(14)3-5-17(15,16)7-10/h6,14H,2-5,7H2,1H3. The molecule has 2 heterocycles. The lowest BCUT2D eigenvalue weighted by Gasteiger charge is -2.22. The van der Waals surface area contributed by atoms with Crippen molar-refractivity contribution in [3.05, 3.63) is 16.9 Å². The van der Waals surface area contributed by atoms with Crippen molar-refractivity contribution in [2.75, 3.05) is 11.5 Å². The number of hydrogen-bond donors (Lipinski definition) is 1. The topological polar surface area (TPSA) is 72.2 Å². The van der Waals surface area contributed by atoms with Gasteiger partial charge in [0.25, 0.3) is 0 Å². The smallest absolute Gasteiger partial charge is 0.153 e. The average molecular weight is 279 g/mol. The summed E-state index contributed by atoms with van der Waals surface area (Å²) < 4.78 is 24.6. The molecule has 1 unspecified atom stereocenters. The summed E-state index contributed by atoms with van der Waals surface area (Å²) in [4.78, 5) is 0. The number of aryl methyl sites for hydroxylation is 1. The van der Waals surface area contributed by atoms with E-state index in [2.05, 4.69) is 5.10 Å². The Morgan fingerprint density at radius 1 is 1.65 bits per heavy atom. The van der Waals surface area contributed by atoms with E-state index in [1.807, 2.05) is 6.92 Å². The Morgan fingerprint density at radius 2 is 2.35 bits per heavy atom. The minimum Gasteiger partial charge on any atom is -0.382 e. The molecular formula is C10H15ClN2O3S. The van der Waals surface area contributed by atoms with Crippen molar-refractivity contribution < 1.29 is 13.5 Å². The first kappa shape index (κ1) is 12.9. The molecule has 7 heteroatoms. The van der Waals surface area contributed by atoms with Gasteiger partial charge in [0.15, 0.2) is 9.84 Å². The van der Waals surface area contributed by atoms with E-state index in [1.165, 1.54) is 6.20 Å². The van der Waals surface area contributed by atoms with Gasteiger partial charge in [-0.1, -0.05) is 18.5 Å². The zero-order valence-corrected chi connectivity index (χ0v) is 11.1. The first-order valence-electron chi connectivity index (χ1n) is 5.52. The third-order valence-corrected chi connectivity index (χ3v) is 4.98.